The van der Waals surface area contributed by atoms with Crippen LogP contribution < -0.4 is 5.32 Å². The van der Waals surface area contributed by atoms with Crippen molar-refractivity contribution < 1.29 is 28.3 Å². The second-order valence-corrected chi connectivity index (χ2v) is 8.82. The lowest BCUT2D eigenvalue weighted by Crippen LogP contribution is -2.16. The van der Waals surface area contributed by atoms with Crippen LogP contribution in [0.25, 0.3) is 10.8 Å². The van der Waals surface area contributed by atoms with Gasteiger partial charge in [-0.1, -0.05) is 30.3 Å². The van der Waals surface area contributed by atoms with Gasteiger partial charge in [0.2, 0.25) is 0 Å². The Morgan fingerprint density at radius 1 is 1.00 bits per heavy atom. The molecule has 1 atom stereocenters. The van der Waals surface area contributed by atoms with Gasteiger partial charge in [0.15, 0.2) is 5.78 Å². The Labute approximate surface area is 181 Å². The lowest BCUT2D eigenvalue weighted by Gasteiger charge is -2.29. The summed E-state index contributed by atoms with van der Waals surface area (Å²) < 4.78 is 29.8. The number of fused-ring (bicyclic) bond motifs is 1. The van der Waals surface area contributed by atoms with Crippen molar-refractivity contribution >= 4 is 30.0 Å². The van der Waals surface area contributed by atoms with Crippen LogP contribution in [0.15, 0.2) is 60.7 Å². The molecular weight excluding hydrogens is 417 g/mol. The molecule has 0 fully saturated rings. The van der Waals surface area contributed by atoms with Crippen LogP contribution in [0.1, 0.15) is 35.6 Å². The Bertz CT molecular complexity index is 1090. The lowest BCUT2D eigenvalue weighted by molar-refractivity contribution is 0.0600. The van der Waals surface area contributed by atoms with E-state index in [-0.39, 0.29) is 19.0 Å². The number of hydrogen-bond donors (Lipinski definition) is 2. The molecule has 7 nitrogen and oxygen atoms in total. The van der Waals surface area contributed by atoms with E-state index in [4.69, 9.17) is 13.8 Å². The van der Waals surface area contributed by atoms with E-state index in [0.717, 1.165) is 10.8 Å². The summed E-state index contributed by atoms with van der Waals surface area (Å²) in [5, 5.41) is 15.6. The Balaban J connectivity index is 2.14. The molecule has 164 valence electrons. The Morgan fingerprint density at radius 2 is 1.65 bits per heavy atom. The topological polar surface area (TPSA) is 94.1 Å². The van der Waals surface area contributed by atoms with Gasteiger partial charge in [0.05, 0.1) is 25.9 Å². The number of benzene rings is 3. The summed E-state index contributed by atoms with van der Waals surface area (Å²) in [6, 6.07) is 17.4. The highest BCUT2D eigenvalue weighted by Crippen LogP contribution is 2.62. The van der Waals surface area contributed by atoms with Crippen LogP contribution in [0.5, 0.6) is 5.75 Å². The summed E-state index contributed by atoms with van der Waals surface area (Å²) in [4.78, 5) is 11.7. The summed E-state index contributed by atoms with van der Waals surface area (Å²) in [5.74, 6) is -1.46. The van der Waals surface area contributed by atoms with Gasteiger partial charge in [-0.3, -0.25) is 4.57 Å². The molecule has 0 aliphatic heterocycles. The zero-order valence-electron chi connectivity index (χ0n) is 17.7. The summed E-state index contributed by atoms with van der Waals surface area (Å²) in [7, 11) is -2.43. The Kier molecular flexibility index (Phi) is 7.33. The van der Waals surface area contributed by atoms with E-state index < -0.39 is 19.3 Å². The average Bonchev–Trinajstić information content (AvgIpc) is 2.78. The molecule has 0 aromatic heterocycles. The van der Waals surface area contributed by atoms with Gasteiger partial charge in [-0.05, 0) is 55.0 Å². The predicted octanol–water partition coefficient (Wildman–Crippen LogP) is 5.71. The quantitative estimate of drug-likeness (QED) is 0.323. The van der Waals surface area contributed by atoms with Crippen molar-refractivity contribution in [1.82, 2.24) is 0 Å². The van der Waals surface area contributed by atoms with Crippen molar-refractivity contribution in [3.63, 3.8) is 0 Å². The van der Waals surface area contributed by atoms with Gasteiger partial charge in [0, 0.05) is 11.3 Å². The molecule has 3 aromatic rings. The molecular formula is C23H26NO6P. The van der Waals surface area contributed by atoms with Gasteiger partial charge in [-0.25, -0.2) is 4.79 Å². The fraction of sp³-hybridized carbons (Fsp3) is 0.261. The van der Waals surface area contributed by atoms with Gasteiger partial charge in [-0.2, -0.15) is 0 Å². The number of phenols is 1. The second-order valence-electron chi connectivity index (χ2n) is 6.71. The first-order valence-electron chi connectivity index (χ1n) is 9.97. The molecule has 0 bridgehead atoms. The van der Waals surface area contributed by atoms with E-state index in [1.165, 1.54) is 7.11 Å². The molecule has 31 heavy (non-hydrogen) atoms. The Hall–Kier alpha value is -2.86. The fourth-order valence-corrected chi connectivity index (χ4v) is 5.39. The summed E-state index contributed by atoms with van der Waals surface area (Å²) in [6.07, 6.45) is 0. The summed E-state index contributed by atoms with van der Waals surface area (Å²) >= 11 is 0. The minimum atomic E-state index is -3.75. The van der Waals surface area contributed by atoms with Crippen molar-refractivity contribution in [1.29, 1.82) is 0 Å². The molecule has 3 aromatic carbocycles. The van der Waals surface area contributed by atoms with Crippen LogP contribution in [0.4, 0.5) is 5.69 Å². The SMILES string of the molecule is CCOP(=O)(OCC)C(Nc1ccc(C(=O)OC)cc1)c1c(O)ccc2ccccc12. The van der Waals surface area contributed by atoms with E-state index in [2.05, 4.69) is 5.32 Å². The van der Waals surface area contributed by atoms with Crippen molar-refractivity contribution in [2.45, 2.75) is 19.6 Å². The molecule has 0 saturated heterocycles. The number of phenolic OH excluding ortho intramolecular Hbond substituents is 1. The largest absolute Gasteiger partial charge is 0.508 e. The van der Waals surface area contributed by atoms with E-state index >= 15 is 0 Å². The molecule has 0 spiro atoms. The van der Waals surface area contributed by atoms with Crippen LogP contribution >= 0.6 is 7.60 Å². The van der Waals surface area contributed by atoms with Gasteiger partial charge in [0.1, 0.15) is 5.75 Å². The number of aromatic hydroxyl groups is 1. The molecule has 1 unspecified atom stereocenters. The molecule has 0 radical (unpaired) electrons. The van der Waals surface area contributed by atoms with Crippen molar-refractivity contribution in [3.8, 4) is 5.75 Å². The molecule has 8 heteroatoms. The highest BCUT2D eigenvalue weighted by Gasteiger charge is 2.39. The number of rotatable bonds is 9. The summed E-state index contributed by atoms with van der Waals surface area (Å²) in [6.45, 7) is 3.80. The zero-order valence-corrected chi connectivity index (χ0v) is 18.6. The van der Waals surface area contributed by atoms with Crippen LogP contribution in [0.3, 0.4) is 0 Å². The Morgan fingerprint density at radius 3 is 2.26 bits per heavy atom. The number of hydrogen-bond acceptors (Lipinski definition) is 7. The van der Waals surface area contributed by atoms with Gasteiger partial charge in [0.25, 0.3) is 0 Å². The molecule has 0 heterocycles. The second kappa shape index (κ2) is 9.96. The lowest BCUT2D eigenvalue weighted by atomic mass is 10.0. The predicted molar refractivity (Wildman–Crippen MR) is 121 cm³/mol. The number of anilines is 1. The average molecular weight is 443 g/mol. The van der Waals surface area contributed by atoms with E-state index in [0.29, 0.717) is 16.8 Å². The molecule has 0 aliphatic carbocycles. The minimum absolute atomic E-state index is 0.0259. The van der Waals surface area contributed by atoms with Crippen LogP contribution in [0, 0.1) is 0 Å². The van der Waals surface area contributed by atoms with Crippen LogP contribution in [-0.2, 0) is 18.3 Å². The third-order valence-corrected chi connectivity index (χ3v) is 7.02. The molecule has 2 N–H and O–H groups in total. The number of esters is 1. The maximum absolute atomic E-state index is 13.8. The monoisotopic (exact) mass is 443 g/mol. The first-order chi connectivity index (χ1) is 14.9. The number of nitrogens with one attached hydrogen (secondary N) is 1. The van der Waals surface area contributed by atoms with Crippen molar-refractivity contribution in [2.75, 3.05) is 25.6 Å². The van der Waals surface area contributed by atoms with Crippen LogP contribution in [-0.4, -0.2) is 31.4 Å². The van der Waals surface area contributed by atoms with Crippen molar-refractivity contribution in [3.05, 3.63) is 71.8 Å². The first kappa shape index (κ1) is 22.8. The van der Waals surface area contributed by atoms with Crippen molar-refractivity contribution in [2.24, 2.45) is 0 Å². The van der Waals surface area contributed by atoms with Gasteiger partial charge >= 0.3 is 13.6 Å². The third-order valence-electron chi connectivity index (χ3n) is 4.76. The normalized spacial score (nSPS) is 12.5. The van der Waals surface area contributed by atoms with Gasteiger partial charge < -0.3 is 24.2 Å². The third kappa shape index (κ3) is 4.90. The molecule has 0 aliphatic rings. The molecule has 0 amide bonds. The number of carbonyl (C=O) groups is 1. The smallest absolute Gasteiger partial charge is 0.357 e. The highest BCUT2D eigenvalue weighted by atomic mass is 31.2. The number of methoxy groups -OCH3 is 1. The maximum Gasteiger partial charge on any atom is 0.357 e. The van der Waals surface area contributed by atoms with E-state index in [1.54, 1.807) is 50.2 Å². The molecule has 3 rings (SSSR count). The van der Waals surface area contributed by atoms with E-state index in [1.807, 2.05) is 24.3 Å². The van der Waals surface area contributed by atoms with E-state index in [9.17, 15) is 14.5 Å². The highest BCUT2D eigenvalue weighted by molar-refractivity contribution is 7.54. The number of carbonyl (C=O) groups excluding carboxylic acids is 1. The standard InChI is InChI=1S/C23H26NO6P/c1-4-29-31(27,30-5-2)22(24-18-13-10-17(11-14-18)23(26)28-3)21-19-9-7-6-8-16(19)12-15-20(21)25/h6-15,22,24-25H,4-5H2,1-3H3. The zero-order chi connectivity index (χ0) is 22.4. The van der Waals surface area contributed by atoms with Gasteiger partial charge in [-0.15, -0.1) is 0 Å². The van der Waals surface area contributed by atoms with Crippen LogP contribution in [0.2, 0.25) is 0 Å². The minimum Gasteiger partial charge on any atom is -0.508 e. The summed E-state index contributed by atoms with van der Waals surface area (Å²) in [5.41, 5.74) is 1.38. The fourth-order valence-electron chi connectivity index (χ4n) is 3.41. The number of ether oxygens (including phenoxy) is 1. The molecule has 0 saturated carbocycles. The first-order valence-corrected chi connectivity index (χ1v) is 11.6. The maximum atomic E-state index is 13.8.